The van der Waals surface area contributed by atoms with Crippen molar-refractivity contribution in [2.75, 3.05) is 45.9 Å². The number of H-pyrrole nitrogens is 1. The van der Waals surface area contributed by atoms with Crippen molar-refractivity contribution in [3.05, 3.63) is 11.8 Å². The number of halogens is 2. The van der Waals surface area contributed by atoms with Crippen LogP contribution in [-0.4, -0.2) is 75.4 Å². The van der Waals surface area contributed by atoms with Gasteiger partial charge in [-0.15, -0.1) is 24.8 Å². The number of piperazine rings is 1. The molecule has 1 saturated heterocycles. The number of carbonyl (C=O) groups excluding carboxylic acids is 1. The van der Waals surface area contributed by atoms with Gasteiger partial charge in [-0.25, -0.2) is 17.9 Å². The zero-order valence-electron chi connectivity index (χ0n) is 14.0. The standard InChI is InChI=1S/C13H23N5O4S.2ClH/c1-2-22-13(19)11-10-15-17-12(11)23(20,21)16-4-3-7-18-8-5-14-6-9-18;;/h10,14,16H,2-9H2,1H3,(H,15,17);2*1H. The molecule has 1 aliphatic rings. The molecule has 1 fully saturated rings. The monoisotopic (exact) mass is 417 g/mol. The second-order valence-electron chi connectivity index (χ2n) is 5.18. The summed E-state index contributed by atoms with van der Waals surface area (Å²) >= 11 is 0. The first-order valence-corrected chi connectivity index (χ1v) is 9.16. The van der Waals surface area contributed by atoms with E-state index in [1.807, 2.05) is 0 Å². The summed E-state index contributed by atoms with van der Waals surface area (Å²) in [5, 5.41) is 9.00. The van der Waals surface area contributed by atoms with Gasteiger partial charge in [-0.1, -0.05) is 0 Å². The maximum Gasteiger partial charge on any atom is 0.342 e. The molecule has 0 amide bonds. The molecule has 0 saturated carbocycles. The van der Waals surface area contributed by atoms with E-state index in [1.54, 1.807) is 6.92 Å². The molecule has 0 aromatic carbocycles. The fourth-order valence-electron chi connectivity index (χ4n) is 2.35. The summed E-state index contributed by atoms with van der Waals surface area (Å²) in [5.41, 5.74) is -0.0820. The highest BCUT2D eigenvalue weighted by Gasteiger charge is 2.25. The van der Waals surface area contributed by atoms with Crippen LogP contribution in [0.4, 0.5) is 0 Å². The van der Waals surface area contributed by atoms with Crippen molar-refractivity contribution in [2.24, 2.45) is 0 Å². The number of esters is 1. The van der Waals surface area contributed by atoms with E-state index in [9.17, 15) is 13.2 Å². The molecule has 1 aliphatic heterocycles. The Morgan fingerprint density at radius 2 is 2.04 bits per heavy atom. The van der Waals surface area contributed by atoms with Crippen molar-refractivity contribution < 1.29 is 17.9 Å². The fraction of sp³-hybridized carbons (Fsp3) is 0.692. The van der Waals surface area contributed by atoms with E-state index in [-0.39, 0.29) is 42.0 Å². The smallest absolute Gasteiger partial charge is 0.342 e. The number of sulfonamides is 1. The highest BCUT2D eigenvalue weighted by molar-refractivity contribution is 7.89. The number of rotatable bonds is 8. The Bertz CT molecular complexity index is 620. The Balaban J connectivity index is 0.00000288. The van der Waals surface area contributed by atoms with E-state index in [0.717, 1.165) is 38.9 Å². The van der Waals surface area contributed by atoms with Crippen molar-refractivity contribution in [3.63, 3.8) is 0 Å². The summed E-state index contributed by atoms with van der Waals surface area (Å²) < 4.78 is 31.8. The van der Waals surface area contributed by atoms with Gasteiger partial charge in [-0.05, 0) is 19.9 Å². The first-order valence-electron chi connectivity index (χ1n) is 7.68. The number of nitrogens with one attached hydrogen (secondary N) is 3. The van der Waals surface area contributed by atoms with Gasteiger partial charge in [0.05, 0.1) is 12.8 Å². The Hall–Kier alpha value is -0.910. The summed E-state index contributed by atoms with van der Waals surface area (Å²) in [6.45, 7) is 6.82. The molecule has 2 rings (SSSR count). The molecule has 3 N–H and O–H groups in total. The lowest BCUT2D eigenvalue weighted by molar-refractivity contribution is 0.0522. The van der Waals surface area contributed by atoms with Crippen molar-refractivity contribution in [1.29, 1.82) is 0 Å². The van der Waals surface area contributed by atoms with Crippen LogP contribution >= 0.6 is 24.8 Å². The summed E-state index contributed by atoms with van der Waals surface area (Å²) in [6, 6.07) is 0. The average molecular weight is 418 g/mol. The lowest BCUT2D eigenvalue weighted by atomic mass is 10.3. The lowest BCUT2D eigenvalue weighted by Gasteiger charge is -2.26. The van der Waals surface area contributed by atoms with E-state index in [2.05, 4.69) is 25.1 Å². The van der Waals surface area contributed by atoms with Crippen molar-refractivity contribution in [1.82, 2.24) is 25.1 Å². The second kappa shape index (κ2) is 11.7. The lowest BCUT2D eigenvalue weighted by Crippen LogP contribution is -2.44. The average Bonchev–Trinajstić information content (AvgIpc) is 3.03. The van der Waals surface area contributed by atoms with Crippen LogP contribution in [0.25, 0.3) is 0 Å². The summed E-state index contributed by atoms with van der Waals surface area (Å²) in [7, 11) is -3.81. The number of aromatic amines is 1. The van der Waals surface area contributed by atoms with Gasteiger partial charge in [-0.2, -0.15) is 5.10 Å². The fourth-order valence-corrected chi connectivity index (χ4v) is 3.51. The number of nitrogens with zero attached hydrogens (tertiary/aromatic N) is 2. The second-order valence-corrected chi connectivity index (χ2v) is 6.88. The number of carbonyl (C=O) groups is 1. The molecule has 0 radical (unpaired) electrons. The van der Waals surface area contributed by atoms with Crippen LogP contribution in [0.15, 0.2) is 11.2 Å². The van der Waals surface area contributed by atoms with E-state index >= 15 is 0 Å². The topological polar surface area (TPSA) is 116 Å². The Morgan fingerprint density at radius 1 is 1.36 bits per heavy atom. The van der Waals surface area contributed by atoms with Crippen molar-refractivity contribution in [2.45, 2.75) is 18.4 Å². The third-order valence-electron chi connectivity index (χ3n) is 3.52. The van der Waals surface area contributed by atoms with Crippen LogP contribution in [0.3, 0.4) is 0 Å². The minimum atomic E-state index is -3.81. The maximum atomic E-state index is 12.3. The Morgan fingerprint density at radius 3 is 2.68 bits per heavy atom. The molecular formula is C13H25Cl2N5O4S. The molecule has 0 bridgehead atoms. The maximum absolute atomic E-state index is 12.3. The van der Waals surface area contributed by atoms with Crippen LogP contribution < -0.4 is 10.0 Å². The first kappa shape index (κ1) is 24.1. The molecule has 1 aromatic rings. The molecule has 2 heterocycles. The molecule has 9 nitrogen and oxygen atoms in total. The molecule has 12 heteroatoms. The van der Waals surface area contributed by atoms with Gasteiger partial charge in [0.2, 0.25) is 0 Å². The van der Waals surface area contributed by atoms with Gasteiger partial charge < -0.3 is 15.0 Å². The zero-order valence-corrected chi connectivity index (χ0v) is 16.4. The molecule has 146 valence electrons. The van der Waals surface area contributed by atoms with E-state index in [0.29, 0.717) is 13.0 Å². The quantitative estimate of drug-likeness (QED) is 0.402. The third kappa shape index (κ3) is 7.08. The van der Waals surface area contributed by atoms with Crippen molar-refractivity contribution in [3.8, 4) is 0 Å². The van der Waals surface area contributed by atoms with Crippen LogP contribution in [0.5, 0.6) is 0 Å². The Labute approximate surface area is 160 Å². The van der Waals surface area contributed by atoms with Crippen LogP contribution in [-0.2, 0) is 14.8 Å². The van der Waals surface area contributed by atoms with E-state index in [1.165, 1.54) is 0 Å². The molecule has 0 atom stereocenters. The SMILES string of the molecule is CCOC(=O)c1cn[nH]c1S(=O)(=O)NCCCN1CCNCC1.Cl.Cl. The minimum absolute atomic E-state index is 0. The largest absolute Gasteiger partial charge is 0.462 e. The Kier molecular flexibility index (Phi) is 11.2. The number of ether oxygens (including phenoxy) is 1. The van der Waals surface area contributed by atoms with Crippen LogP contribution in [0, 0.1) is 0 Å². The highest BCUT2D eigenvalue weighted by Crippen LogP contribution is 2.13. The molecule has 0 aliphatic carbocycles. The van der Waals surface area contributed by atoms with E-state index < -0.39 is 16.0 Å². The molecule has 25 heavy (non-hydrogen) atoms. The van der Waals surface area contributed by atoms with Gasteiger partial charge in [0.1, 0.15) is 5.56 Å². The van der Waals surface area contributed by atoms with Gasteiger partial charge in [-0.3, -0.25) is 5.10 Å². The summed E-state index contributed by atoms with van der Waals surface area (Å²) in [4.78, 5) is 14.0. The molecule has 1 aromatic heterocycles. The third-order valence-corrected chi connectivity index (χ3v) is 4.95. The highest BCUT2D eigenvalue weighted by atomic mass is 35.5. The predicted octanol–water partition coefficient (Wildman–Crippen LogP) is 0.00360. The normalized spacial score (nSPS) is 15.1. The first-order chi connectivity index (χ1) is 11.0. The zero-order chi connectivity index (χ0) is 16.7. The van der Waals surface area contributed by atoms with Gasteiger partial charge in [0.15, 0.2) is 5.03 Å². The predicted molar refractivity (Wildman–Crippen MR) is 98.2 cm³/mol. The number of hydrogen-bond donors (Lipinski definition) is 3. The minimum Gasteiger partial charge on any atom is -0.462 e. The summed E-state index contributed by atoms with van der Waals surface area (Å²) in [6.07, 6.45) is 1.86. The van der Waals surface area contributed by atoms with E-state index in [4.69, 9.17) is 4.74 Å². The van der Waals surface area contributed by atoms with Gasteiger partial charge >= 0.3 is 5.97 Å². The van der Waals surface area contributed by atoms with Crippen LogP contribution in [0.2, 0.25) is 0 Å². The molecule has 0 spiro atoms. The van der Waals surface area contributed by atoms with Gasteiger partial charge in [0.25, 0.3) is 10.0 Å². The van der Waals surface area contributed by atoms with Crippen LogP contribution in [0.1, 0.15) is 23.7 Å². The molecular weight excluding hydrogens is 393 g/mol. The van der Waals surface area contributed by atoms with Gasteiger partial charge in [0, 0.05) is 32.7 Å². The summed E-state index contributed by atoms with van der Waals surface area (Å²) in [5.74, 6) is -0.706. The van der Waals surface area contributed by atoms with Crippen molar-refractivity contribution >= 4 is 40.8 Å². The number of hydrogen-bond acceptors (Lipinski definition) is 7. The molecule has 0 unspecified atom stereocenters. The number of aromatic nitrogens is 2.